The minimum Gasteiger partial charge on any atom is -0.268 e. The number of carbonyl (C=O) groups excluding carboxylic acids is 2. The molecule has 0 saturated carbocycles. The second-order valence-corrected chi connectivity index (χ2v) is 7.57. The van der Waals surface area contributed by atoms with E-state index in [0.29, 0.717) is 21.2 Å². The van der Waals surface area contributed by atoms with Crippen LogP contribution in [0.15, 0.2) is 47.4 Å². The van der Waals surface area contributed by atoms with E-state index < -0.39 is 0 Å². The van der Waals surface area contributed by atoms with Gasteiger partial charge in [-0.3, -0.25) is 9.59 Å². The Kier molecular flexibility index (Phi) is 5.02. The fourth-order valence-electron chi connectivity index (χ4n) is 2.76. The molecule has 2 amide bonds. The number of aryl methyl sites for hydroxylation is 2. The van der Waals surface area contributed by atoms with E-state index >= 15 is 0 Å². The number of hydrogen-bond acceptors (Lipinski definition) is 3. The van der Waals surface area contributed by atoms with Crippen LogP contribution >= 0.6 is 23.4 Å². The average molecular weight is 372 g/mol. The van der Waals surface area contributed by atoms with Crippen LogP contribution in [0.1, 0.15) is 23.6 Å². The second kappa shape index (κ2) is 7.06. The fourth-order valence-corrected chi connectivity index (χ4v) is 3.74. The minimum absolute atomic E-state index is 0.271. The van der Waals surface area contributed by atoms with Crippen LogP contribution < -0.4 is 4.90 Å². The van der Waals surface area contributed by atoms with Crippen molar-refractivity contribution in [2.24, 2.45) is 0 Å². The maximum atomic E-state index is 13.1. The second-order valence-electron chi connectivity index (χ2n) is 5.86. The first-order chi connectivity index (χ1) is 11.9. The summed E-state index contributed by atoms with van der Waals surface area (Å²) in [5.74, 6) is 0.163. The number of nitrogens with zero attached hydrogens (tertiary/aromatic N) is 1. The summed E-state index contributed by atoms with van der Waals surface area (Å²) < 4.78 is 0. The maximum absolute atomic E-state index is 13.1. The highest BCUT2D eigenvalue weighted by molar-refractivity contribution is 8.04. The van der Waals surface area contributed by atoms with Gasteiger partial charge in [0.2, 0.25) is 0 Å². The van der Waals surface area contributed by atoms with E-state index in [1.54, 1.807) is 24.3 Å². The topological polar surface area (TPSA) is 37.4 Å². The molecule has 3 rings (SSSR count). The van der Waals surface area contributed by atoms with E-state index in [1.165, 1.54) is 16.7 Å². The molecule has 0 aromatic heterocycles. The Morgan fingerprint density at radius 1 is 0.960 bits per heavy atom. The summed E-state index contributed by atoms with van der Waals surface area (Å²) in [6.45, 7) is 6.00. The molecule has 0 bridgehead atoms. The average Bonchev–Trinajstić information content (AvgIpc) is 2.82. The molecule has 0 fully saturated rings. The summed E-state index contributed by atoms with van der Waals surface area (Å²) in [6, 6.07) is 12.6. The molecule has 25 heavy (non-hydrogen) atoms. The molecule has 0 aliphatic carbocycles. The van der Waals surface area contributed by atoms with Crippen LogP contribution in [0, 0.1) is 13.8 Å². The molecule has 1 aliphatic heterocycles. The van der Waals surface area contributed by atoms with Crippen LogP contribution in [0.5, 0.6) is 0 Å². The zero-order chi connectivity index (χ0) is 18.1. The molecule has 2 aromatic carbocycles. The van der Waals surface area contributed by atoms with Gasteiger partial charge < -0.3 is 0 Å². The van der Waals surface area contributed by atoms with Crippen molar-refractivity contribution in [1.82, 2.24) is 0 Å². The van der Waals surface area contributed by atoms with Gasteiger partial charge in [-0.05, 0) is 60.6 Å². The van der Waals surface area contributed by atoms with Crippen LogP contribution in [-0.2, 0) is 9.59 Å². The zero-order valence-electron chi connectivity index (χ0n) is 14.3. The standard InChI is InChI=1S/C20H18ClNO2S/c1-4-25-18-17(14-6-5-12(2)13(3)11-14)19(23)22(20(18)24)16-9-7-15(21)8-10-16/h5-11H,4H2,1-3H3. The molecule has 5 heteroatoms. The highest BCUT2D eigenvalue weighted by Crippen LogP contribution is 2.38. The van der Waals surface area contributed by atoms with Gasteiger partial charge in [-0.2, -0.15) is 0 Å². The van der Waals surface area contributed by atoms with Gasteiger partial charge >= 0.3 is 0 Å². The number of benzene rings is 2. The number of thioether (sulfide) groups is 1. The van der Waals surface area contributed by atoms with Gasteiger partial charge in [0.05, 0.1) is 16.2 Å². The first-order valence-electron chi connectivity index (χ1n) is 8.03. The predicted octanol–water partition coefficient (Wildman–Crippen LogP) is 4.99. The Bertz CT molecular complexity index is 887. The summed E-state index contributed by atoms with van der Waals surface area (Å²) in [6.07, 6.45) is 0. The van der Waals surface area contributed by atoms with Crippen molar-refractivity contribution in [2.45, 2.75) is 20.8 Å². The third kappa shape index (κ3) is 3.24. The van der Waals surface area contributed by atoms with E-state index in [1.807, 2.05) is 39.0 Å². The molecule has 0 atom stereocenters. The van der Waals surface area contributed by atoms with Crippen molar-refractivity contribution in [3.8, 4) is 0 Å². The van der Waals surface area contributed by atoms with E-state index in [9.17, 15) is 9.59 Å². The molecule has 0 unspecified atom stereocenters. The number of imide groups is 1. The van der Waals surface area contributed by atoms with Crippen molar-refractivity contribution >= 4 is 46.4 Å². The minimum atomic E-state index is -0.286. The molecule has 1 heterocycles. The lowest BCUT2D eigenvalue weighted by Crippen LogP contribution is -2.31. The Balaban J connectivity index is 2.10. The first kappa shape index (κ1) is 17.8. The van der Waals surface area contributed by atoms with Crippen molar-refractivity contribution < 1.29 is 9.59 Å². The number of halogens is 1. The fraction of sp³-hybridized carbons (Fsp3) is 0.200. The molecule has 0 spiro atoms. The third-order valence-electron chi connectivity index (χ3n) is 4.21. The highest BCUT2D eigenvalue weighted by atomic mass is 35.5. The van der Waals surface area contributed by atoms with E-state index in [2.05, 4.69) is 0 Å². The molecule has 0 N–H and O–H groups in total. The Morgan fingerprint density at radius 3 is 2.24 bits per heavy atom. The monoisotopic (exact) mass is 371 g/mol. The smallest absolute Gasteiger partial charge is 0.268 e. The summed E-state index contributed by atoms with van der Waals surface area (Å²) >= 11 is 7.33. The summed E-state index contributed by atoms with van der Waals surface area (Å²) in [5.41, 5.74) is 4.05. The Hall–Kier alpha value is -2.04. The largest absolute Gasteiger partial charge is 0.272 e. The van der Waals surface area contributed by atoms with Crippen molar-refractivity contribution in [3.05, 3.63) is 69.1 Å². The normalized spacial score (nSPS) is 14.6. The Labute approximate surface area is 156 Å². The van der Waals surface area contributed by atoms with Gasteiger partial charge in [0, 0.05) is 5.02 Å². The lowest BCUT2D eigenvalue weighted by atomic mass is 10.0. The molecule has 1 aliphatic rings. The quantitative estimate of drug-likeness (QED) is 0.710. The highest BCUT2D eigenvalue weighted by Gasteiger charge is 2.39. The first-order valence-corrected chi connectivity index (χ1v) is 9.39. The van der Waals surface area contributed by atoms with E-state index in [-0.39, 0.29) is 11.8 Å². The molecule has 128 valence electrons. The number of rotatable bonds is 4. The lowest BCUT2D eigenvalue weighted by molar-refractivity contribution is -0.119. The summed E-state index contributed by atoms with van der Waals surface area (Å²) in [7, 11) is 0. The predicted molar refractivity (Wildman–Crippen MR) is 105 cm³/mol. The van der Waals surface area contributed by atoms with Gasteiger partial charge in [0.1, 0.15) is 0 Å². The molecule has 0 radical (unpaired) electrons. The van der Waals surface area contributed by atoms with Crippen LogP contribution in [0.4, 0.5) is 5.69 Å². The molecule has 0 saturated heterocycles. The summed E-state index contributed by atoms with van der Waals surface area (Å²) in [4.78, 5) is 27.7. The van der Waals surface area contributed by atoms with Crippen LogP contribution in [0.25, 0.3) is 5.57 Å². The number of carbonyl (C=O) groups is 2. The number of amides is 2. The van der Waals surface area contributed by atoms with Gasteiger partial charge in [-0.1, -0.05) is 36.7 Å². The van der Waals surface area contributed by atoms with Gasteiger partial charge in [-0.25, -0.2) is 4.90 Å². The van der Waals surface area contributed by atoms with Crippen molar-refractivity contribution in [1.29, 1.82) is 0 Å². The van der Waals surface area contributed by atoms with Crippen molar-refractivity contribution in [2.75, 3.05) is 10.7 Å². The van der Waals surface area contributed by atoms with Gasteiger partial charge in [0.15, 0.2) is 0 Å². The maximum Gasteiger partial charge on any atom is 0.272 e. The lowest BCUT2D eigenvalue weighted by Gasteiger charge is -2.15. The molecular formula is C20H18ClNO2S. The number of anilines is 1. The van der Waals surface area contributed by atoms with E-state index in [4.69, 9.17) is 11.6 Å². The zero-order valence-corrected chi connectivity index (χ0v) is 15.9. The third-order valence-corrected chi connectivity index (χ3v) is 5.42. The number of hydrogen-bond donors (Lipinski definition) is 0. The van der Waals surface area contributed by atoms with E-state index in [0.717, 1.165) is 22.4 Å². The van der Waals surface area contributed by atoms with Crippen LogP contribution in [-0.4, -0.2) is 17.6 Å². The van der Waals surface area contributed by atoms with Crippen LogP contribution in [0.2, 0.25) is 5.02 Å². The summed E-state index contributed by atoms with van der Waals surface area (Å²) in [5, 5.41) is 0.563. The molecular weight excluding hydrogens is 354 g/mol. The molecule has 2 aromatic rings. The Morgan fingerprint density at radius 2 is 1.64 bits per heavy atom. The van der Waals surface area contributed by atoms with Gasteiger partial charge in [-0.15, -0.1) is 11.8 Å². The van der Waals surface area contributed by atoms with Crippen LogP contribution in [0.3, 0.4) is 0 Å². The van der Waals surface area contributed by atoms with Gasteiger partial charge in [0.25, 0.3) is 11.8 Å². The van der Waals surface area contributed by atoms with Crippen molar-refractivity contribution in [3.63, 3.8) is 0 Å². The SMILES string of the molecule is CCSC1=C(c2ccc(C)c(C)c2)C(=O)N(c2ccc(Cl)cc2)C1=O. The molecule has 3 nitrogen and oxygen atoms in total.